The van der Waals surface area contributed by atoms with E-state index in [1.807, 2.05) is 24.8 Å². The number of piperazine rings is 1. The van der Waals surface area contributed by atoms with Gasteiger partial charge in [-0.2, -0.15) is 0 Å². The minimum atomic E-state index is -0.0351. The van der Waals surface area contributed by atoms with Crippen molar-refractivity contribution >= 4 is 11.8 Å². The van der Waals surface area contributed by atoms with Crippen molar-refractivity contribution < 1.29 is 19.1 Å². The van der Waals surface area contributed by atoms with Gasteiger partial charge in [0.25, 0.3) is 5.91 Å². The summed E-state index contributed by atoms with van der Waals surface area (Å²) in [6.07, 6.45) is 0.503. The van der Waals surface area contributed by atoms with E-state index in [2.05, 4.69) is 0 Å². The fourth-order valence-electron chi connectivity index (χ4n) is 2.76. The number of hydrogen-bond donors (Lipinski definition) is 0. The monoisotopic (exact) mass is 320 g/mol. The van der Waals surface area contributed by atoms with Crippen molar-refractivity contribution in [2.75, 3.05) is 40.4 Å². The molecule has 1 aromatic carbocycles. The lowest BCUT2D eigenvalue weighted by Crippen LogP contribution is -2.50. The quantitative estimate of drug-likeness (QED) is 0.847. The maximum Gasteiger partial charge on any atom is 0.254 e. The van der Waals surface area contributed by atoms with Crippen LogP contribution in [0.5, 0.6) is 11.5 Å². The predicted molar refractivity (Wildman–Crippen MR) is 87.1 cm³/mol. The highest BCUT2D eigenvalue weighted by atomic mass is 16.5. The standard InChI is InChI=1S/C17H24N2O4/c1-5-16(20)18-6-8-19(9-7-18)17(21)13-11-15(23-4)14(22-3)10-12(13)2/h10-11H,5-9H2,1-4H3. The number of ether oxygens (including phenoxy) is 2. The molecule has 0 radical (unpaired) electrons. The smallest absolute Gasteiger partial charge is 0.254 e. The van der Waals surface area contributed by atoms with Gasteiger partial charge in [0.15, 0.2) is 11.5 Å². The number of methoxy groups -OCH3 is 2. The third-order valence-electron chi connectivity index (χ3n) is 4.18. The molecule has 2 rings (SSSR count). The number of aryl methyl sites for hydroxylation is 1. The summed E-state index contributed by atoms with van der Waals surface area (Å²) in [4.78, 5) is 28.1. The van der Waals surface area contributed by atoms with Gasteiger partial charge in [-0.3, -0.25) is 9.59 Å². The zero-order valence-electron chi connectivity index (χ0n) is 14.2. The van der Waals surface area contributed by atoms with Crippen molar-refractivity contribution in [1.29, 1.82) is 0 Å². The number of rotatable bonds is 4. The average molecular weight is 320 g/mol. The van der Waals surface area contributed by atoms with E-state index in [0.29, 0.717) is 49.7 Å². The molecule has 0 aliphatic carbocycles. The first kappa shape index (κ1) is 17.1. The summed E-state index contributed by atoms with van der Waals surface area (Å²) in [5.41, 5.74) is 1.46. The van der Waals surface area contributed by atoms with Crippen LogP contribution in [0.4, 0.5) is 0 Å². The van der Waals surface area contributed by atoms with Gasteiger partial charge in [-0.15, -0.1) is 0 Å². The van der Waals surface area contributed by atoms with Crippen molar-refractivity contribution in [3.63, 3.8) is 0 Å². The Morgan fingerprint density at radius 2 is 1.52 bits per heavy atom. The van der Waals surface area contributed by atoms with Gasteiger partial charge in [0.2, 0.25) is 5.91 Å². The van der Waals surface area contributed by atoms with Gasteiger partial charge >= 0.3 is 0 Å². The topological polar surface area (TPSA) is 59.1 Å². The number of nitrogens with zero attached hydrogens (tertiary/aromatic N) is 2. The molecular formula is C17H24N2O4. The molecule has 1 saturated heterocycles. The maximum absolute atomic E-state index is 12.8. The van der Waals surface area contributed by atoms with Gasteiger partial charge in [0.1, 0.15) is 0 Å². The highest BCUT2D eigenvalue weighted by Gasteiger charge is 2.25. The van der Waals surface area contributed by atoms with E-state index in [1.54, 1.807) is 25.2 Å². The van der Waals surface area contributed by atoms with Crippen LogP contribution in [-0.4, -0.2) is 62.0 Å². The molecule has 0 aromatic heterocycles. The second kappa shape index (κ2) is 7.35. The van der Waals surface area contributed by atoms with E-state index in [4.69, 9.17) is 9.47 Å². The lowest BCUT2D eigenvalue weighted by Gasteiger charge is -2.35. The molecule has 126 valence electrons. The molecule has 1 aromatic rings. The van der Waals surface area contributed by atoms with Crippen molar-refractivity contribution in [2.45, 2.75) is 20.3 Å². The normalized spacial score (nSPS) is 14.6. The van der Waals surface area contributed by atoms with E-state index in [1.165, 1.54) is 0 Å². The second-order valence-electron chi connectivity index (χ2n) is 5.55. The Morgan fingerprint density at radius 1 is 1.00 bits per heavy atom. The van der Waals surface area contributed by atoms with Crippen LogP contribution in [0, 0.1) is 6.92 Å². The number of carbonyl (C=O) groups excluding carboxylic acids is 2. The Bertz CT molecular complexity index is 593. The first-order chi connectivity index (χ1) is 11.0. The third kappa shape index (κ3) is 3.57. The maximum atomic E-state index is 12.8. The lowest BCUT2D eigenvalue weighted by molar-refractivity contribution is -0.132. The summed E-state index contributed by atoms with van der Waals surface area (Å²) >= 11 is 0. The Morgan fingerprint density at radius 3 is 2.04 bits per heavy atom. The molecule has 1 aliphatic heterocycles. The van der Waals surface area contributed by atoms with Crippen LogP contribution in [0.2, 0.25) is 0 Å². The molecule has 1 fully saturated rings. The molecule has 6 heteroatoms. The number of hydrogen-bond acceptors (Lipinski definition) is 4. The first-order valence-corrected chi connectivity index (χ1v) is 7.81. The van der Waals surface area contributed by atoms with E-state index in [-0.39, 0.29) is 11.8 Å². The number of carbonyl (C=O) groups is 2. The van der Waals surface area contributed by atoms with Gasteiger partial charge in [-0.05, 0) is 24.6 Å². The number of amides is 2. The summed E-state index contributed by atoms with van der Waals surface area (Å²) in [7, 11) is 3.12. The molecule has 0 bridgehead atoms. The molecule has 1 heterocycles. The van der Waals surface area contributed by atoms with Crippen LogP contribution in [0.1, 0.15) is 29.3 Å². The molecule has 0 spiro atoms. The highest BCUT2D eigenvalue weighted by Crippen LogP contribution is 2.31. The second-order valence-corrected chi connectivity index (χ2v) is 5.55. The van der Waals surface area contributed by atoms with Gasteiger partial charge in [-0.1, -0.05) is 6.92 Å². The fraction of sp³-hybridized carbons (Fsp3) is 0.529. The predicted octanol–water partition coefficient (Wildman–Crippen LogP) is 1.71. The van der Waals surface area contributed by atoms with E-state index in [0.717, 1.165) is 5.56 Å². The van der Waals surface area contributed by atoms with E-state index < -0.39 is 0 Å². The molecular weight excluding hydrogens is 296 g/mol. The molecule has 1 aliphatic rings. The van der Waals surface area contributed by atoms with Crippen LogP contribution in [0.3, 0.4) is 0 Å². The van der Waals surface area contributed by atoms with Crippen LogP contribution in [0.15, 0.2) is 12.1 Å². The van der Waals surface area contributed by atoms with Gasteiger partial charge in [0, 0.05) is 38.2 Å². The summed E-state index contributed by atoms with van der Waals surface area (Å²) < 4.78 is 10.5. The average Bonchev–Trinajstić information content (AvgIpc) is 2.60. The lowest BCUT2D eigenvalue weighted by atomic mass is 10.1. The van der Waals surface area contributed by atoms with Crippen LogP contribution >= 0.6 is 0 Å². The molecule has 23 heavy (non-hydrogen) atoms. The fourth-order valence-corrected chi connectivity index (χ4v) is 2.76. The van der Waals surface area contributed by atoms with Crippen LogP contribution in [0.25, 0.3) is 0 Å². The summed E-state index contributed by atoms with van der Waals surface area (Å²) in [5.74, 6) is 1.26. The molecule has 6 nitrogen and oxygen atoms in total. The molecule has 0 N–H and O–H groups in total. The van der Waals surface area contributed by atoms with Crippen molar-refractivity contribution in [1.82, 2.24) is 9.80 Å². The van der Waals surface area contributed by atoms with Crippen molar-refractivity contribution in [3.05, 3.63) is 23.3 Å². The Hall–Kier alpha value is -2.24. The third-order valence-corrected chi connectivity index (χ3v) is 4.18. The minimum Gasteiger partial charge on any atom is -0.493 e. The zero-order chi connectivity index (χ0) is 17.0. The first-order valence-electron chi connectivity index (χ1n) is 7.81. The molecule has 2 amide bonds. The number of benzene rings is 1. The van der Waals surface area contributed by atoms with E-state index >= 15 is 0 Å². The van der Waals surface area contributed by atoms with Crippen molar-refractivity contribution in [2.24, 2.45) is 0 Å². The summed E-state index contributed by atoms with van der Waals surface area (Å²) in [6.45, 7) is 6.02. The molecule has 0 unspecified atom stereocenters. The van der Waals surface area contributed by atoms with E-state index in [9.17, 15) is 9.59 Å². The van der Waals surface area contributed by atoms with Crippen LogP contribution in [-0.2, 0) is 4.79 Å². The van der Waals surface area contributed by atoms with Gasteiger partial charge in [0.05, 0.1) is 14.2 Å². The minimum absolute atomic E-state index is 0.0351. The Kier molecular flexibility index (Phi) is 5.47. The molecule has 0 atom stereocenters. The van der Waals surface area contributed by atoms with Gasteiger partial charge in [-0.25, -0.2) is 0 Å². The Labute approximate surface area is 137 Å². The summed E-state index contributed by atoms with van der Waals surface area (Å²) in [6, 6.07) is 3.53. The highest BCUT2D eigenvalue weighted by molar-refractivity contribution is 5.96. The SMILES string of the molecule is CCC(=O)N1CCN(C(=O)c2cc(OC)c(OC)cc2C)CC1. The van der Waals surface area contributed by atoms with Crippen LogP contribution < -0.4 is 9.47 Å². The largest absolute Gasteiger partial charge is 0.493 e. The zero-order valence-corrected chi connectivity index (χ0v) is 14.2. The summed E-state index contributed by atoms with van der Waals surface area (Å²) in [5, 5.41) is 0. The molecule has 0 saturated carbocycles. The van der Waals surface area contributed by atoms with Crippen molar-refractivity contribution in [3.8, 4) is 11.5 Å². The van der Waals surface area contributed by atoms with Gasteiger partial charge < -0.3 is 19.3 Å². The Balaban J connectivity index is 2.14.